The van der Waals surface area contributed by atoms with Gasteiger partial charge in [-0.2, -0.15) is 0 Å². The molecule has 1 fully saturated rings. The lowest BCUT2D eigenvalue weighted by molar-refractivity contribution is 0.0175. The number of carbonyl (C=O) groups is 2. The topological polar surface area (TPSA) is 67.9 Å². The molecule has 0 saturated carbocycles. The summed E-state index contributed by atoms with van der Waals surface area (Å²) in [5.41, 5.74) is -0.00685. The summed E-state index contributed by atoms with van der Waals surface area (Å²) in [4.78, 5) is 25.8. The number of amides is 2. The Morgan fingerprint density at radius 1 is 1.16 bits per heavy atom. The fraction of sp³-hybridized carbons (Fsp3) is 0.667. The van der Waals surface area contributed by atoms with Crippen LogP contribution in [0, 0.1) is 11.3 Å². The Hall–Kier alpha value is -1.95. The highest BCUT2D eigenvalue weighted by molar-refractivity contribution is 6.34. The van der Waals surface area contributed by atoms with Gasteiger partial charge in [0.1, 0.15) is 11.4 Å². The van der Waals surface area contributed by atoms with E-state index >= 15 is 0 Å². The fourth-order valence-corrected chi connectivity index (χ4v) is 3.84. The van der Waals surface area contributed by atoms with Gasteiger partial charge in [-0.05, 0) is 76.0 Å². The normalized spacial score (nSPS) is 15.5. The van der Waals surface area contributed by atoms with Crippen LogP contribution < -0.4 is 10.1 Å². The van der Waals surface area contributed by atoms with Crippen molar-refractivity contribution in [3.05, 3.63) is 28.8 Å². The van der Waals surface area contributed by atoms with Crippen LogP contribution in [-0.4, -0.2) is 49.2 Å². The zero-order chi connectivity index (χ0) is 23.2. The lowest BCUT2D eigenvalue weighted by Gasteiger charge is -2.34. The number of hydrogen-bond acceptors (Lipinski definition) is 4. The maximum atomic E-state index is 12.2. The van der Waals surface area contributed by atoms with E-state index in [1.807, 2.05) is 25.7 Å². The Labute approximate surface area is 191 Å². The number of benzene rings is 1. The summed E-state index contributed by atoms with van der Waals surface area (Å²) in [6.07, 6.45) is 3.95. The van der Waals surface area contributed by atoms with Crippen LogP contribution in [-0.2, 0) is 4.74 Å². The average molecular weight is 453 g/mol. The molecule has 0 bridgehead atoms. The first-order valence-corrected chi connectivity index (χ1v) is 11.4. The molecule has 2 rings (SSSR count). The summed E-state index contributed by atoms with van der Waals surface area (Å²) in [5.74, 6) is 1.06. The smallest absolute Gasteiger partial charge is 0.410 e. The molecule has 6 nitrogen and oxygen atoms in total. The van der Waals surface area contributed by atoms with Crippen molar-refractivity contribution in [2.45, 2.75) is 65.9 Å². The number of nitrogens with zero attached hydrogens (tertiary/aromatic N) is 1. The van der Waals surface area contributed by atoms with Gasteiger partial charge in [0.05, 0.1) is 17.2 Å². The number of ether oxygens (including phenoxy) is 2. The maximum absolute atomic E-state index is 12.2. The van der Waals surface area contributed by atoms with Crippen LogP contribution >= 0.6 is 11.6 Å². The van der Waals surface area contributed by atoms with Gasteiger partial charge in [-0.1, -0.05) is 25.4 Å². The van der Waals surface area contributed by atoms with Crippen LogP contribution in [0.5, 0.6) is 5.75 Å². The van der Waals surface area contributed by atoms with Gasteiger partial charge in [0.2, 0.25) is 0 Å². The molecule has 31 heavy (non-hydrogen) atoms. The first-order chi connectivity index (χ1) is 14.4. The van der Waals surface area contributed by atoms with Crippen molar-refractivity contribution in [2.75, 3.05) is 26.7 Å². The highest BCUT2D eigenvalue weighted by Crippen LogP contribution is 2.31. The predicted octanol–water partition coefficient (Wildman–Crippen LogP) is 5.53. The van der Waals surface area contributed by atoms with Crippen LogP contribution in [0.15, 0.2) is 18.2 Å². The van der Waals surface area contributed by atoms with Gasteiger partial charge in [0, 0.05) is 20.1 Å². The van der Waals surface area contributed by atoms with Crippen LogP contribution in [0.4, 0.5) is 4.79 Å². The van der Waals surface area contributed by atoms with E-state index in [2.05, 4.69) is 19.2 Å². The van der Waals surface area contributed by atoms with Crippen LogP contribution in [0.25, 0.3) is 0 Å². The number of rotatable bonds is 7. The summed E-state index contributed by atoms with van der Waals surface area (Å²) >= 11 is 6.21. The Bertz CT molecular complexity index is 765. The number of hydrogen-bond donors (Lipinski definition) is 1. The summed E-state index contributed by atoms with van der Waals surface area (Å²) in [6.45, 7) is 12.2. The Morgan fingerprint density at radius 3 is 2.35 bits per heavy atom. The highest BCUT2D eigenvalue weighted by Gasteiger charge is 2.28. The second-order valence-corrected chi connectivity index (χ2v) is 10.5. The minimum atomic E-state index is -0.453. The monoisotopic (exact) mass is 452 g/mol. The molecule has 1 heterocycles. The molecule has 0 radical (unpaired) electrons. The van der Waals surface area contributed by atoms with E-state index in [1.54, 1.807) is 25.2 Å². The molecule has 1 N–H and O–H groups in total. The summed E-state index contributed by atoms with van der Waals surface area (Å²) in [7, 11) is 1.58. The number of piperidine rings is 1. The zero-order valence-corrected chi connectivity index (χ0v) is 20.5. The third-order valence-corrected chi connectivity index (χ3v) is 5.85. The molecule has 1 aromatic rings. The van der Waals surface area contributed by atoms with Gasteiger partial charge >= 0.3 is 6.09 Å². The van der Waals surface area contributed by atoms with Crippen molar-refractivity contribution in [3.63, 3.8) is 0 Å². The van der Waals surface area contributed by atoms with Crippen LogP contribution in [0.2, 0.25) is 5.02 Å². The fourth-order valence-electron chi connectivity index (χ4n) is 3.58. The third kappa shape index (κ3) is 8.24. The van der Waals surface area contributed by atoms with E-state index in [-0.39, 0.29) is 17.4 Å². The van der Waals surface area contributed by atoms with Crippen molar-refractivity contribution < 1.29 is 19.1 Å². The van der Waals surface area contributed by atoms with Gasteiger partial charge < -0.3 is 19.7 Å². The largest absolute Gasteiger partial charge is 0.493 e. The van der Waals surface area contributed by atoms with Crippen LogP contribution in [0.3, 0.4) is 0 Å². The molecule has 174 valence electrons. The standard InChI is InChI=1S/C24H37ClN2O4/c1-23(2,3)31-22(29)27-13-10-17(11-14-27)9-12-24(4,5)16-30-18-7-8-19(20(25)15-18)21(28)26-6/h7-8,15,17H,9-14,16H2,1-6H3,(H,26,28). The van der Waals surface area contributed by atoms with Gasteiger partial charge in [-0.15, -0.1) is 0 Å². The number of likely N-dealkylation sites (tertiary alicyclic amines) is 1. The molecule has 1 aliphatic heterocycles. The first-order valence-electron chi connectivity index (χ1n) is 11.0. The van der Waals surface area contributed by atoms with E-state index in [0.717, 1.165) is 38.8 Å². The van der Waals surface area contributed by atoms with Crippen molar-refractivity contribution in [2.24, 2.45) is 11.3 Å². The molecular weight excluding hydrogens is 416 g/mol. The SMILES string of the molecule is CNC(=O)c1ccc(OCC(C)(C)CCC2CCN(C(=O)OC(C)(C)C)CC2)cc1Cl. The molecule has 1 aromatic carbocycles. The van der Waals surface area contributed by atoms with Crippen molar-refractivity contribution in [1.82, 2.24) is 10.2 Å². The van der Waals surface area contributed by atoms with Crippen molar-refractivity contribution in [1.29, 1.82) is 0 Å². The van der Waals surface area contributed by atoms with E-state index in [1.165, 1.54) is 0 Å². The summed E-state index contributed by atoms with van der Waals surface area (Å²) < 4.78 is 11.4. The minimum absolute atomic E-state index is 0.00818. The molecular formula is C24H37ClN2O4. The first kappa shape index (κ1) is 25.3. The minimum Gasteiger partial charge on any atom is -0.493 e. The summed E-state index contributed by atoms with van der Waals surface area (Å²) in [6, 6.07) is 5.15. The molecule has 0 atom stereocenters. The Balaban J connectivity index is 1.77. The summed E-state index contributed by atoms with van der Waals surface area (Å²) in [5, 5.41) is 2.95. The second kappa shape index (κ2) is 10.6. The number of nitrogens with one attached hydrogen (secondary N) is 1. The number of halogens is 1. The lowest BCUT2D eigenvalue weighted by atomic mass is 9.82. The van der Waals surface area contributed by atoms with E-state index in [0.29, 0.717) is 28.9 Å². The highest BCUT2D eigenvalue weighted by atomic mass is 35.5. The third-order valence-electron chi connectivity index (χ3n) is 5.54. The Kier molecular flexibility index (Phi) is 8.64. The molecule has 2 amide bonds. The van der Waals surface area contributed by atoms with Crippen LogP contribution in [0.1, 0.15) is 70.7 Å². The van der Waals surface area contributed by atoms with Gasteiger partial charge in [0.25, 0.3) is 5.91 Å². The molecule has 1 aliphatic rings. The van der Waals surface area contributed by atoms with Gasteiger partial charge in [-0.3, -0.25) is 4.79 Å². The predicted molar refractivity (Wildman–Crippen MR) is 124 cm³/mol. The second-order valence-electron chi connectivity index (χ2n) is 10.1. The average Bonchev–Trinajstić information content (AvgIpc) is 2.69. The van der Waals surface area contributed by atoms with Crippen molar-refractivity contribution in [3.8, 4) is 5.75 Å². The lowest BCUT2D eigenvalue weighted by Crippen LogP contribution is -2.41. The molecule has 0 aromatic heterocycles. The molecule has 0 unspecified atom stereocenters. The quantitative estimate of drug-likeness (QED) is 0.590. The number of carbonyl (C=O) groups excluding carboxylic acids is 2. The van der Waals surface area contributed by atoms with E-state index in [4.69, 9.17) is 21.1 Å². The van der Waals surface area contributed by atoms with Gasteiger partial charge in [-0.25, -0.2) is 4.79 Å². The molecule has 1 saturated heterocycles. The maximum Gasteiger partial charge on any atom is 0.410 e. The van der Waals surface area contributed by atoms with E-state index < -0.39 is 5.60 Å². The molecule has 0 spiro atoms. The van der Waals surface area contributed by atoms with Gasteiger partial charge in [0.15, 0.2) is 0 Å². The molecule has 7 heteroatoms. The van der Waals surface area contributed by atoms with Crippen molar-refractivity contribution >= 4 is 23.6 Å². The zero-order valence-electron chi connectivity index (χ0n) is 19.7. The molecule has 0 aliphatic carbocycles. The Morgan fingerprint density at radius 2 is 1.81 bits per heavy atom. The van der Waals surface area contributed by atoms with E-state index in [9.17, 15) is 9.59 Å².